The number of hydrogen-bond acceptors (Lipinski definition) is 3. The van der Waals surface area contributed by atoms with E-state index in [1.54, 1.807) is 0 Å². The molecule has 0 heterocycles. The smallest absolute Gasteiger partial charge is 0.126 e. The molecule has 0 aliphatic rings. The first-order valence-corrected chi connectivity index (χ1v) is 6.36. The standard InChI is InChI=1S/C14H16ClNO2/c1-9-5-6-11-12(14(9)18)3-2-4-13(11)16-8-10(17)7-15/h2-6,10,16-18H,7-8H2,1H3. The van der Waals surface area contributed by atoms with E-state index in [0.717, 1.165) is 22.0 Å². The fourth-order valence-electron chi connectivity index (χ4n) is 1.89. The van der Waals surface area contributed by atoms with E-state index in [1.165, 1.54) is 0 Å². The minimum absolute atomic E-state index is 0.197. The number of halogens is 1. The van der Waals surface area contributed by atoms with Gasteiger partial charge in [0, 0.05) is 23.0 Å². The second-order valence-electron chi connectivity index (χ2n) is 4.32. The highest BCUT2D eigenvalue weighted by Crippen LogP contribution is 2.32. The summed E-state index contributed by atoms with van der Waals surface area (Å²) in [5, 5.41) is 24.3. The fraction of sp³-hybridized carbons (Fsp3) is 0.286. The van der Waals surface area contributed by atoms with Crippen LogP contribution in [-0.2, 0) is 0 Å². The van der Waals surface area contributed by atoms with Crippen LogP contribution in [0.25, 0.3) is 10.8 Å². The molecule has 4 heteroatoms. The Morgan fingerprint density at radius 1 is 1.22 bits per heavy atom. The first kappa shape index (κ1) is 13.0. The predicted octanol–water partition coefficient (Wildman–Crippen LogP) is 2.87. The van der Waals surface area contributed by atoms with Crippen molar-refractivity contribution in [3.05, 3.63) is 35.9 Å². The van der Waals surface area contributed by atoms with Crippen molar-refractivity contribution in [2.24, 2.45) is 0 Å². The Morgan fingerprint density at radius 2 is 2.00 bits per heavy atom. The van der Waals surface area contributed by atoms with E-state index in [1.807, 2.05) is 37.3 Å². The largest absolute Gasteiger partial charge is 0.507 e. The molecule has 3 nitrogen and oxygen atoms in total. The van der Waals surface area contributed by atoms with Gasteiger partial charge in [0.25, 0.3) is 0 Å². The average molecular weight is 266 g/mol. The van der Waals surface area contributed by atoms with Crippen LogP contribution in [0.5, 0.6) is 5.75 Å². The van der Waals surface area contributed by atoms with Crippen LogP contribution < -0.4 is 5.32 Å². The number of alkyl halides is 1. The van der Waals surface area contributed by atoms with Gasteiger partial charge in [0.15, 0.2) is 0 Å². The van der Waals surface area contributed by atoms with E-state index in [0.29, 0.717) is 12.3 Å². The van der Waals surface area contributed by atoms with Crippen LogP contribution in [0.4, 0.5) is 5.69 Å². The number of anilines is 1. The molecule has 2 aromatic rings. The highest BCUT2D eigenvalue weighted by Gasteiger charge is 2.07. The zero-order valence-corrected chi connectivity index (χ0v) is 10.9. The van der Waals surface area contributed by atoms with Gasteiger partial charge in [0.2, 0.25) is 0 Å². The third-order valence-electron chi connectivity index (χ3n) is 2.94. The fourth-order valence-corrected chi connectivity index (χ4v) is 2.00. The summed E-state index contributed by atoms with van der Waals surface area (Å²) in [7, 11) is 0. The molecule has 0 aromatic heterocycles. The van der Waals surface area contributed by atoms with E-state index in [9.17, 15) is 10.2 Å². The lowest BCUT2D eigenvalue weighted by molar-refractivity contribution is 0.211. The highest BCUT2D eigenvalue weighted by molar-refractivity contribution is 6.18. The number of aliphatic hydroxyl groups excluding tert-OH is 1. The Morgan fingerprint density at radius 3 is 2.72 bits per heavy atom. The predicted molar refractivity (Wildman–Crippen MR) is 75.6 cm³/mol. The first-order chi connectivity index (χ1) is 8.63. The molecule has 0 amide bonds. The summed E-state index contributed by atoms with van der Waals surface area (Å²) in [6.45, 7) is 2.25. The molecule has 3 N–H and O–H groups in total. The maximum absolute atomic E-state index is 10.0. The summed E-state index contributed by atoms with van der Waals surface area (Å²) < 4.78 is 0. The van der Waals surface area contributed by atoms with Gasteiger partial charge in [-0.2, -0.15) is 0 Å². The molecule has 0 saturated carbocycles. The molecule has 18 heavy (non-hydrogen) atoms. The quantitative estimate of drug-likeness (QED) is 0.745. The van der Waals surface area contributed by atoms with E-state index in [4.69, 9.17) is 11.6 Å². The van der Waals surface area contributed by atoms with Crippen molar-refractivity contribution in [1.82, 2.24) is 0 Å². The monoisotopic (exact) mass is 265 g/mol. The molecule has 96 valence electrons. The maximum Gasteiger partial charge on any atom is 0.126 e. The van der Waals surface area contributed by atoms with E-state index >= 15 is 0 Å². The number of phenolic OH excluding ortho intramolecular Hbond substituents is 1. The number of aryl methyl sites for hydroxylation is 1. The molecular formula is C14H16ClNO2. The van der Waals surface area contributed by atoms with Crippen molar-refractivity contribution in [2.45, 2.75) is 13.0 Å². The van der Waals surface area contributed by atoms with Crippen LogP contribution in [0, 0.1) is 6.92 Å². The van der Waals surface area contributed by atoms with Gasteiger partial charge in [-0.3, -0.25) is 0 Å². The Balaban J connectivity index is 2.37. The summed E-state index contributed by atoms with van der Waals surface area (Å²) >= 11 is 5.55. The van der Waals surface area contributed by atoms with Gasteiger partial charge in [0.05, 0.1) is 12.0 Å². The number of aliphatic hydroxyl groups is 1. The Kier molecular flexibility index (Phi) is 3.94. The maximum atomic E-state index is 10.0. The van der Waals surface area contributed by atoms with Gasteiger partial charge in [-0.25, -0.2) is 0 Å². The molecule has 1 unspecified atom stereocenters. The van der Waals surface area contributed by atoms with Crippen molar-refractivity contribution in [2.75, 3.05) is 17.7 Å². The van der Waals surface area contributed by atoms with Crippen LogP contribution in [0.3, 0.4) is 0 Å². The van der Waals surface area contributed by atoms with Gasteiger partial charge < -0.3 is 15.5 Å². The number of nitrogens with one attached hydrogen (secondary N) is 1. The number of phenols is 1. The molecule has 2 rings (SSSR count). The second-order valence-corrected chi connectivity index (χ2v) is 4.63. The normalized spacial score (nSPS) is 12.6. The molecule has 0 fully saturated rings. The lowest BCUT2D eigenvalue weighted by Gasteiger charge is -2.13. The van der Waals surface area contributed by atoms with Crippen LogP contribution >= 0.6 is 11.6 Å². The van der Waals surface area contributed by atoms with Crippen LogP contribution in [0.2, 0.25) is 0 Å². The van der Waals surface area contributed by atoms with Gasteiger partial charge >= 0.3 is 0 Å². The number of rotatable bonds is 4. The summed E-state index contributed by atoms with van der Waals surface area (Å²) in [6.07, 6.45) is -0.582. The number of hydrogen-bond donors (Lipinski definition) is 3. The number of benzene rings is 2. The molecule has 0 aliphatic heterocycles. The van der Waals surface area contributed by atoms with Gasteiger partial charge in [-0.1, -0.05) is 24.3 Å². The second kappa shape index (κ2) is 5.46. The third-order valence-corrected chi connectivity index (χ3v) is 3.30. The third kappa shape index (κ3) is 2.52. The van der Waals surface area contributed by atoms with Crippen LogP contribution in [0.1, 0.15) is 5.56 Å². The van der Waals surface area contributed by atoms with E-state index < -0.39 is 6.10 Å². The highest BCUT2D eigenvalue weighted by atomic mass is 35.5. The lowest BCUT2D eigenvalue weighted by Crippen LogP contribution is -2.20. The summed E-state index contributed by atoms with van der Waals surface area (Å²) in [4.78, 5) is 0. The van der Waals surface area contributed by atoms with Crippen molar-refractivity contribution < 1.29 is 10.2 Å². The van der Waals surface area contributed by atoms with Crippen molar-refractivity contribution in [3.8, 4) is 5.75 Å². The molecular weight excluding hydrogens is 250 g/mol. The Labute approximate surface area is 111 Å². The minimum Gasteiger partial charge on any atom is -0.507 e. The zero-order chi connectivity index (χ0) is 13.1. The molecule has 0 saturated heterocycles. The summed E-state index contributed by atoms with van der Waals surface area (Å²) in [6, 6.07) is 9.50. The first-order valence-electron chi connectivity index (χ1n) is 5.82. The molecule has 0 spiro atoms. The van der Waals surface area contributed by atoms with Gasteiger partial charge in [-0.15, -0.1) is 11.6 Å². The molecule has 1 atom stereocenters. The molecule has 0 radical (unpaired) electrons. The molecule has 0 aliphatic carbocycles. The topological polar surface area (TPSA) is 52.5 Å². The lowest BCUT2D eigenvalue weighted by atomic mass is 10.0. The van der Waals surface area contributed by atoms with Gasteiger partial charge in [-0.05, 0) is 18.6 Å². The van der Waals surface area contributed by atoms with Crippen LogP contribution in [0.15, 0.2) is 30.3 Å². The number of aromatic hydroxyl groups is 1. The summed E-state index contributed by atoms with van der Waals surface area (Å²) in [5.74, 6) is 0.497. The van der Waals surface area contributed by atoms with E-state index in [2.05, 4.69) is 5.32 Å². The SMILES string of the molecule is Cc1ccc2c(NCC(O)CCl)cccc2c1O. The van der Waals surface area contributed by atoms with Crippen LogP contribution in [-0.4, -0.2) is 28.7 Å². The molecule has 0 bridgehead atoms. The molecule has 2 aromatic carbocycles. The summed E-state index contributed by atoms with van der Waals surface area (Å²) in [5.41, 5.74) is 1.73. The Hall–Kier alpha value is -1.45. The number of fused-ring (bicyclic) bond motifs is 1. The van der Waals surface area contributed by atoms with Crippen molar-refractivity contribution in [1.29, 1.82) is 0 Å². The van der Waals surface area contributed by atoms with Gasteiger partial charge in [0.1, 0.15) is 5.75 Å². The average Bonchev–Trinajstić information content (AvgIpc) is 2.40. The minimum atomic E-state index is -0.582. The van der Waals surface area contributed by atoms with E-state index in [-0.39, 0.29) is 5.88 Å². The van der Waals surface area contributed by atoms with Crippen molar-refractivity contribution >= 4 is 28.1 Å². The zero-order valence-electron chi connectivity index (χ0n) is 10.2. The van der Waals surface area contributed by atoms with Crippen molar-refractivity contribution in [3.63, 3.8) is 0 Å². The Bertz CT molecular complexity index is 557.